The smallest absolute Gasteiger partial charge is 0.416 e. The molecule has 2 unspecified atom stereocenters. The molecule has 0 aliphatic heterocycles. The lowest BCUT2D eigenvalue weighted by Gasteiger charge is -2.37. The van der Waals surface area contributed by atoms with Crippen molar-refractivity contribution in [1.82, 2.24) is 5.32 Å². The van der Waals surface area contributed by atoms with Crippen molar-refractivity contribution in [3.8, 4) is 11.5 Å². The quantitative estimate of drug-likeness (QED) is 0.101. The van der Waals surface area contributed by atoms with Gasteiger partial charge in [-0.15, -0.1) is 0 Å². The van der Waals surface area contributed by atoms with E-state index in [-0.39, 0.29) is 34.6 Å². The fraction of sp³-hybridized carbons (Fsp3) is 0.242. The fourth-order valence-electron chi connectivity index (χ4n) is 4.86. The summed E-state index contributed by atoms with van der Waals surface area (Å²) in [6.07, 6.45) is -8.22. The molecule has 0 saturated carbocycles. The van der Waals surface area contributed by atoms with Gasteiger partial charge in [0.1, 0.15) is 11.5 Å². The molecule has 4 aromatic rings. The lowest BCUT2D eigenvalue weighted by atomic mass is 9.77. The molecule has 1 N–H and O–H groups in total. The Morgan fingerprint density at radius 2 is 1.32 bits per heavy atom. The van der Waals surface area contributed by atoms with Gasteiger partial charge >= 0.3 is 12.3 Å². The molecule has 0 aromatic heterocycles. The minimum Gasteiger partial charge on any atom is -0.450 e. The highest BCUT2D eigenvalue weighted by Crippen LogP contribution is 2.39. The van der Waals surface area contributed by atoms with E-state index in [9.17, 15) is 31.1 Å². The van der Waals surface area contributed by atoms with Crippen LogP contribution in [0, 0.1) is 6.92 Å². The van der Waals surface area contributed by atoms with Crippen LogP contribution in [0.2, 0.25) is 0 Å². The van der Waals surface area contributed by atoms with Crippen LogP contribution in [-0.2, 0) is 18.1 Å². The maximum absolute atomic E-state index is 14.5. The van der Waals surface area contributed by atoms with Gasteiger partial charge in [0.25, 0.3) is 9.77 Å². The first-order valence-corrected chi connectivity index (χ1v) is 14.4. The third-order valence-electron chi connectivity index (χ3n) is 6.69. The van der Waals surface area contributed by atoms with Crippen molar-refractivity contribution in [3.05, 3.63) is 130 Å². The molecule has 0 heterocycles. The summed E-state index contributed by atoms with van der Waals surface area (Å²) in [6.45, 7) is 3.06. The van der Waals surface area contributed by atoms with Gasteiger partial charge in [0.2, 0.25) is 0 Å². The van der Waals surface area contributed by atoms with Crippen LogP contribution >= 0.6 is 22.6 Å². The van der Waals surface area contributed by atoms with E-state index in [1.54, 1.807) is 48.5 Å². The normalized spacial score (nSPS) is 14.7. The number of carbonyl (C=O) groups is 1. The van der Waals surface area contributed by atoms with Crippen molar-refractivity contribution in [2.24, 2.45) is 0 Å². The Morgan fingerprint density at radius 3 is 1.84 bits per heavy atom. The average Bonchev–Trinajstić information content (AvgIpc) is 2.91. The minimum absolute atomic E-state index is 0.0180. The zero-order chi connectivity index (χ0) is 32.3. The Kier molecular flexibility index (Phi) is 9.57. The SMILES string of the molecule is Cc1ccc(C(=O)NC(Cc2ccccc2)(c2cccc(OC(C)(F)F)c2)c2cccc(OC(C)(F)I)c2)cc1C(F)(F)F. The van der Waals surface area contributed by atoms with Gasteiger partial charge in [0.05, 0.1) is 11.1 Å². The van der Waals surface area contributed by atoms with Gasteiger partial charge < -0.3 is 14.8 Å². The van der Waals surface area contributed by atoms with E-state index >= 15 is 0 Å². The standard InChI is InChI=1S/C33H28F6INO3/c1-21-15-16-23(17-28(21)33(37,38)39)29(42)41-32(20-22-9-5-4-6-10-22,24-11-7-13-26(18-24)43-30(2,34)35)25-12-8-14-27(19-25)44-31(3,36)40/h4-19H,20H2,1-3H3,(H,41,42). The Balaban J connectivity index is 1.96. The molecule has 4 nitrogen and oxygen atoms in total. The zero-order valence-corrected chi connectivity index (χ0v) is 26.0. The van der Waals surface area contributed by atoms with E-state index in [0.717, 1.165) is 6.07 Å². The first-order valence-electron chi connectivity index (χ1n) is 13.3. The van der Waals surface area contributed by atoms with Crippen LogP contribution in [0.1, 0.15) is 52.0 Å². The number of nitrogens with one attached hydrogen (secondary N) is 1. The highest BCUT2D eigenvalue weighted by atomic mass is 127. The van der Waals surface area contributed by atoms with Crippen molar-refractivity contribution < 1.29 is 40.6 Å². The number of hydrogen-bond acceptors (Lipinski definition) is 3. The molecule has 0 saturated heterocycles. The van der Waals surface area contributed by atoms with E-state index in [4.69, 9.17) is 9.47 Å². The summed E-state index contributed by atoms with van der Waals surface area (Å²) < 4.78 is 91.7. The van der Waals surface area contributed by atoms with E-state index in [1.165, 1.54) is 78.9 Å². The Bertz CT molecular complexity index is 1560. The number of benzene rings is 4. The molecule has 2 atom stereocenters. The van der Waals surface area contributed by atoms with Crippen LogP contribution in [0.15, 0.2) is 97.1 Å². The average molecular weight is 727 g/mol. The second-order valence-electron chi connectivity index (χ2n) is 10.4. The fourth-order valence-corrected chi connectivity index (χ4v) is 5.11. The van der Waals surface area contributed by atoms with Crippen LogP contribution in [0.25, 0.3) is 0 Å². The summed E-state index contributed by atoms with van der Waals surface area (Å²) in [6, 6.07) is 23.9. The molecule has 11 heteroatoms. The second kappa shape index (κ2) is 12.7. The Hall–Kier alpha value is -3.74. The minimum atomic E-state index is -4.71. The monoisotopic (exact) mass is 727 g/mol. The maximum Gasteiger partial charge on any atom is 0.416 e. The lowest BCUT2D eigenvalue weighted by molar-refractivity contribution is -0.159. The second-order valence-corrected chi connectivity index (χ2v) is 12.4. The lowest BCUT2D eigenvalue weighted by Crippen LogP contribution is -2.48. The van der Waals surface area contributed by atoms with Crippen molar-refractivity contribution in [1.29, 1.82) is 0 Å². The number of hydrogen-bond donors (Lipinski definition) is 1. The third kappa shape index (κ3) is 8.46. The number of rotatable bonds is 10. The number of carbonyl (C=O) groups excluding carboxylic acids is 1. The van der Waals surface area contributed by atoms with Gasteiger partial charge in [0, 0.05) is 48.4 Å². The Morgan fingerprint density at radius 1 is 0.750 bits per heavy atom. The zero-order valence-electron chi connectivity index (χ0n) is 23.8. The van der Waals surface area contributed by atoms with Crippen molar-refractivity contribution in [2.75, 3.05) is 0 Å². The maximum atomic E-state index is 14.5. The van der Waals surface area contributed by atoms with Crippen LogP contribution in [-0.4, -0.2) is 15.9 Å². The third-order valence-corrected chi connectivity index (χ3v) is 6.91. The summed E-state index contributed by atoms with van der Waals surface area (Å²) in [5.41, 5.74) is -1.60. The molecule has 4 rings (SSSR count). The largest absolute Gasteiger partial charge is 0.450 e. The predicted molar refractivity (Wildman–Crippen MR) is 163 cm³/mol. The van der Waals surface area contributed by atoms with Crippen molar-refractivity contribution in [2.45, 2.75) is 48.9 Å². The summed E-state index contributed by atoms with van der Waals surface area (Å²) in [7, 11) is 0. The highest BCUT2D eigenvalue weighted by Gasteiger charge is 2.39. The molecule has 0 aliphatic rings. The number of ether oxygens (including phenoxy) is 2. The molecule has 0 aliphatic carbocycles. The van der Waals surface area contributed by atoms with Gasteiger partial charge in [-0.25, -0.2) is 0 Å². The number of aryl methyl sites for hydroxylation is 1. The van der Waals surface area contributed by atoms with Crippen LogP contribution < -0.4 is 14.8 Å². The molecular weight excluding hydrogens is 699 g/mol. The van der Waals surface area contributed by atoms with Crippen LogP contribution in [0.5, 0.6) is 11.5 Å². The van der Waals surface area contributed by atoms with E-state index in [2.05, 4.69) is 5.32 Å². The topological polar surface area (TPSA) is 47.6 Å². The van der Waals surface area contributed by atoms with E-state index < -0.39 is 33.2 Å². The molecule has 0 bridgehead atoms. The summed E-state index contributed by atoms with van der Waals surface area (Å²) in [4.78, 5) is 13.9. The summed E-state index contributed by atoms with van der Waals surface area (Å²) in [5, 5.41) is 2.91. The number of halogens is 7. The Labute approximate surface area is 264 Å². The predicted octanol–water partition coefficient (Wildman–Crippen LogP) is 9.38. The summed E-state index contributed by atoms with van der Waals surface area (Å²) >= 11 is 1.46. The molecule has 232 valence electrons. The van der Waals surface area contributed by atoms with Crippen LogP contribution in [0.3, 0.4) is 0 Å². The first-order chi connectivity index (χ1) is 20.5. The van der Waals surface area contributed by atoms with Gasteiger partial charge in [-0.2, -0.15) is 26.3 Å². The molecule has 0 spiro atoms. The number of amides is 1. The first kappa shape index (κ1) is 33.2. The van der Waals surface area contributed by atoms with Gasteiger partial charge in [-0.05, 0) is 65.6 Å². The molecule has 0 fully saturated rings. The molecular formula is C33H28F6INO3. The van der Waals surface area contributed by atoms with Crippen molar-refractivity contribution >= 4 is 28.5 Å². The van der Waals surface area contributed by atoms with Crippen LogP contribution in [0.4, 0.5) is 26.3 Å². The molecule has 44 heavy (non-hydrogen) atoms. The van der Waals surface area contributed by atoms with Gasteiger partial charge in [0.15, 0.2) is 0 Å². The highest BCUT2D eigenvalue weighted by molar-refractivity contribution is 14.1. The van der Waals surface area contributed by atoms with Crippen molar-refractivity contribution in [3.63, 3.8) is 0 Å². The summed E-state index contributed by atoms with van der Waals surface area (Å²) in [5.74, 6) is -0.989. The van der Waals surface area contributed by atoms with E-state index in [1.807, 2.05) is 0 Å². The molecule has 0 radical (unpaired) electrons. The van der Waals surface area contributed by atoms with E-state index in [0.29, 0.717) is 18.1 Å². The number of alkyl halides is 7. The molecule has 4 aromatic carbocycles. The van der Waals surface area contributed by atoms with Gasteiger partial charge in [-0.1, -0.05) is 60.7 Å². The van der Waals surface area contributed by atoms with Gasteiger partial charge in [-0.3, -0.25) is 4.79 Å². The molecule has 1 amide bonds.